The van der Waals surface area contributed by atoms with Crippen molar-refractivity contribution in [3.63, 3.8) is 0 Å². The lowest BCUT2D eigenvalue weighted by Gasteiger charge is -2.30. The van der Waals surface area contributed by atoms with Gasteiger partial charge in [-0.25, -0.2) is 0 Å². The van der Waals surface area contributed by atoms with Crippen LogP contribution in [0.3, 0.4) is 0 Å². The first-order chi connectivity index (χ1) is 11.2. The number of nitrogens with one attached hydrogen (secondary N) is 1. The van der Waals surface area contributed by atoms with E-state index in [2.05, 4.69) is 26.1 Å². The summed E-state index contributed by atoms with van der Waals surface area (Å²) in [5, 5.41) is 2.97. The van der Waals surface area contributed by atoms with Gasteiger partial charge < -0.3 is 15.0 Å². The van der Waals surface area contributed by atoms with Gasteiger partial charge in [0, 0.05) is 24.0 Å². The van der Waals surface area contributed by atoms with Crippen LogP contribution in [0.1, 0.15) is 4.88 Å². The van der Waals surface area contributed by atoms with Crippen LogP contribution in [0.25, 0.3) is 6.08 Å². The van der Waals surface area contributed by atoms with Gasteiger partial charge in [-0.05, 0) is 46.3 Å². The maximum absolute atomic E-state index is 12.2. The molecule has 1 saturated heterocycles. The molecule has 4 nitrogen and oxygen atoms in total. The summed E-state index contributed by atoms with van der Waals surface area (Å²) in [5.74, 6) is -0.129. The minimum atomic E-state index is -0.129. The highest BCUT2D eigenvalue weighted by Gasteiger charge is 2.15. The normalized spacial score (nSPS) is 15.1. The van der Waals surface area contributed by atoms with Gasteiger partial charge in [0.1, 0.15) is 0 Å². The van der Waals surface area contributed by atoms with Crippen LogP contribution in [-0.4, -0.2) is 32.2 Å². The fourth-order valence-corrected chi connectivity index (χ4v) is 3.74. The molecule has 1 aromatic carbocycles. The molecule has 2 aromatic rings. The zero-order valence-corrected chi connectivity index (χ0v) is 14.9. The van der Waals surface area contributed by atoms with Crippen LogP contribution in [-0.2, 0) is 9.53 Å². The second kappa shape index (κ2) is 7.77. The molecule has 0 atom stereocenters. The van der Waals surface area contributed by atoms with Crippen LogP contribution in [0.4, 0.5) is 11.4 Å². The lowest BCUT2D eigenvalue weighted by molar-refractivity contribution is -0.111. The van der Waals surface area contributed by atoms with Crippen molar-refractivity contribution in [1.82, 2.24) is 0 Å². The number of morpholine rings is 1. The van der Waals surface area contributed by atoms with Crippen LogP contribution in [0, 0.1) is 0 Å². The quantitative estimate of drug-likeness (QED) is 0.799. The summed E-state index contributed by atoms with van der Waals surface area (Å²) >= 11 is 5.00. The number of rotatable bonds is 4. The number of hydrogen-bond donors (Lipinski definition) is 1. The molecule has 23 heavy (non-hydrogen) atoms. The van der Waals surface area contributed by atoms with Crippen molar-refractivity contribution in [1.29, 1.82) is 0 Å². The van der Waals surface area contributed by atoms with Crippen molar-refractivity contribution in [2.45, 2.75) is 0 Å². The van der Waals surface area contributed by atoms with E-state index in [1.165, 1.54) is 0 Å². The molecule has 0 aliphatic carbocycles. The summed E-state index contributed by atoms with van der Waals surface area (Å²) in [4.78, 5) is 15.5. The highest BCUT2D eigenvalue weighted by atomic mass is 79.9. The van der Waals surface area contributed by atoms with Crippen molar-refractivity contribution >= 4 is 50.6 Å². The van der Waals surface area contributed by atoms with Crippen molar-refractivity contribution in [2.24, 2.45) is 0 Å². The molecule has 6 heteroatoms. The van der Waals surface area contributed by atoms with Gasteiger partial charge in [-0.15, -0.1) is 11.3 Å². The molecule has 1 aliphatic rings. The van der Waals surface area contributed by atoms with E-state index in [4.69, 9.17) is 4.74 Å². The molecule has 0 unspecified atom stereocenters. The fourth-order valence-electron chi connectivity index (χ4n) is 2.41. The number of ether oxygens (including phenoxy) is 1. The summed E-state index contributed by atoms with van der Waals surface area (Å²) in [6.07, 6.45) is 3.39. The maximum atomic E-state index is 12.2. The zero-order chi connectivity index (χ0) is 16.1. The van der Waals surface area contributed by atoms with Gasteiger partial charge in [-0.3, -0.25) is 4.79 Å². The number of anilines is 2. The minimum absolute atomic E-state index is 0.129. The molecule has 0 radical (unpaired) electrons. The van der Waals surface area contributed by atoms with Crippen LogP contribution in [0.2, 0.25) is 0 Å². The van der Waals surface area contributed by atoms with E-state index in [0.717, 1.165) is 46.3 Å². The van der Waals surface area contributed by atoms with Gasteiger partial charge in [-0.2, -0.15) is 0 Å². The van der Waals surface area contributed by atoms with E-state index >= 15 is 0 Å². The Labute approximate surface area is 147 Å². The lowest BCUT2D eigenvalue weighted by atomic mass is 10.2. The first kappa shape index (κ1) is 16.2. The van der Waals surface area contributed by atoms with E-state index < -0.39 is 0 Å². The van der Waals surface area contributed by atoms with Crippen molar-refractivity contribution < 1.29 is 9.53 Å². The van der Waals surface area contributed by atoms with E-state index in [1.807, 2.05) is 42.5 Å². The summed E-state index contributed by atoms with van der Waals surface area (Å²) in [6.45, 7) is 3.11. The Kier molecular flexibility index (Phi) is 5.48. The number of carbonyl (C=O) groups excluding carboxylic acids is 1. The Morgan fingerprint density at radius 1 is 1.22 bits per heavy atom. The first-order valence-electron chi connectivity index (χ1n) is 7.38. The van der Waals surface area contributed by atoms with Gasteiger partial charge in [0.2, 0.25) is 5.91 Å². The Hall–Kier alpha value is -1.63. The average molecular weight is 393 g/mol. The number of carbonyl (C=O) groups is 1. The Morgan fingerprint density at radius 2 is 2.00 bits per heavy atom. The topological polar surface area (TPSA) is 41.6 Å². The third-order valence-electron chi connectivity index (χ3n) is 3.51. The Balaban J connectivity index is 1.69. The van der Waals surface area contributed by atoms with Gasteiger partial charge in [0.15, 0.2) is 0 Å². The van der Waals surface area contributed by atoms with Gasteiger partial charge in [-0.1, -0.05) is 12.1 Å². The highest BCUT2D eigenvalue weighted by Crippen LogP contribution is 2.27. The molecule has 1 amide bonds. The maximum Gasteiger partial charge on any atom is 0.248 e. The molecule has 0 bridgehead atoms. The predicted octanol–water partition coefficient (Wildman–Crippen LogP) is 4.00. The lowest BCUT2D eigenvalue weighted by Crippen LogP contribution is -2.36. The third kappa shape index (κ3) is 4.43. The summed E-state index contributed by atoms with van der Waals surface area (Å²) < 4.78 is 6.44. The number of amides is 1. The van der Waals surface area contributed by atoms with Crippen molar-refractivity contribution in [3.05, 3.63) is 51.1 Å². The van der Waals surface area contributed by atoms with E-state index in [-0.39, 0.29) is 5.91 Å². The molecule has 120 valence electrons. The fraction of sp³-hybridized carbons (Fsp3) is 0.235. The molecule has 1 aromatic heterocycles. The van der Waals surface area contributed by atoms with Crippen LogP contribution in [0.5, 0.6) is 0 Å². The SMILES string of the molecule is O=C(/C=C/c1ccc(Br)s1)Nc1ccccc1N1CCOCC1. The number of benzene rings is 1. The summed E-state index contributed by atoms with van der Waals surface area (Å²) in [5.41, 5.74) is 1.87. The standard InChI is InChI=1S/C17H17BrN2O2S/c18-16-7-5-13(23-16)6-8-17(21)19-14-3-1-2-4-15(14)20-9-11-22-12-10-20/h1-8H,9-12H2,(H,19,21)/b8-6+. The van der Waals surface area contributed by atoms with Crippen LogP contribution in [0.15, 0.2) is 46.3 Å². The number of hydrogen-bond acceptors (Lipinski definition) is 4. The molecule has 1 N–H and O–H groups in total. The second-order valence-corrected chi connectivity index (χ2v) is 7.58. The molecular formula is C17H17BrN2O2S. The smallest absolute Gasteiger partial charge is 0.248 e. The molecule has 1 fully saturated rings. The van der Waals surface area contributed by atoms with E-state index in [0.29, 0.717) is 0 Å². The predicted molar refractivity (Wildman–Crippen MR) is 99.2 cm³/mol. The minimum Gasteiger partial charge on any atom is -0.378 e. The molecule has 2 heterocycles. The molecule has 3 rings (SSSR count). The summed E-state index contributed by atoms with van der Waals surface area (Å²) in [7, 11) is 0. The molecule has 0 spiro atoms. The zero-order valence-electron chi connectivity index (χ0n) is 12.5. The third-order valence-corrected chi connectivity index (χ3v) is 5.10. The van der Waals surface area contributed by atoms with Gasteiger partial charge in [0.05, 0.1) is 28.4 Å². The first-order valence-corrected chi connectivity index (χ1v) is 8.99. The molecule has 1 aliphatic heterocycles. The monoisotopic (exact) mass is 392 g/mol. The Bertz CT molecular complexity index is 708. The second-order valence-electron chi connectivity index (χ2n) is 5.08. The van der Waals surface area contributed by atoms with Crippen LogP contribution < -0.4 is 10.2 Å². The number of halogens is 1. The average Bonchev–Trinajstić information content (AvgIpc) is 3.00. The highest BCUT2D eigenvalue weighted by molar-refractivity contribution is 9.11. The van der Waals surface area contributed by atoms with E-state index in [1.54, 1.807) is 17.4 Å². The van der Waals surface area contributed by atoms with Gasteiger partial charge >= 0.3 is 0 Å². The molecule has 0 saturated carbocycles. The van der Waals surface area contributed by atoms with Crippen molar-refractivity contribution in [2.75, 3.05) is 36.5 Å². The van der Waals surface area contributed by atoms with Crippen LogP contribution >= 0.6 is 27.3 Å². The Morgan fingerprint density at radius 3 is 2.74 bits per heavy atom. The number of para-hydroxylation sites is 2. The largest absolute Gasteiger partial charge is 0.378 e. The number of nitrogens with zero attached hydrogens (tertiary/aromatic N) is 1. The summed E-state index contributed by atoms with van der Waals surface area (Å²) in [6, 6.07) is 11.8. The molecular weight excluding hydrogens is 376 g/mol. The van der Waals surface area contributed by atoms with E-state index in [9.17, 15) is 4.79 Å². The van der Waals surface area contributed by atoms with Crippen molar-refractivity contribution in [3.8, 4) is 0 Å². The van der Waals surface area contributed by atoms with Gasteiger partial charge in [0.25, 0.3) is 0 Å². The number of thiophene rings is 1.